The van der Waals surface area contributed by atoms with E-state index in [0.29, 0.717) is 5.16 Å². The molecule has 31 heavy (non-hydrogen) atoms. The van der Waals surface area contributed by atoms with Crippen molar-refractivity contribution in [2.24, 2.45) is 5.92 Å². The first-order chi connectivity index (χ1) is 14.9. The van der Waals surface area contributed by atoms with Crippen LogP contribution in [-0.4, -0.2) is 31.2 Å². The van der Waals surface area contributed by atoms with Crippen LogP contribution in [0.2, 0.25) is 0 Å². The van der Waals surface area contributed by atoms with Crippen LogP contribution in [0, 0.1) is 26.7 Å². The zero-order valence-corrected chi connectivity index (χ0v) is 19.8. The van der Waals surface area contributed by atoms with Crippen molar-refractivity contribution in [3.63, 3.8) is 0 Å². The largest absolute Gasteiger partial charge is 0.325 e. The Balaban J connectivity index is 1.43. The van der Waals surface area contributed by atoms with Gasteiger partial charge in [0.1, 0.15) is 10.7 Å². The molecule has 6 nitrogen and oxygen atoms in total. The number of carbonyl (C=O) groups excluding carboxylic acids is 1. The molecule has 5 rings (SSSR count). The van der Waals surface area contributed by atoms with E-state index in [2.05, 4.69) is 22.4 Å². The molecule has 1 aliphatic carbocycles. The van der Waals surface area contributed by atoms with Crippen LogP contribution in [0.5, 0.6) is 0 Å². The number of hydrogen-bond acceptors (Lipinski definition) is 6. The van der Waals surface area contributed by atoms with Gasteiger partial charge in [0, 0.05) is 10.6 Å². The minimum absolute atomic E-state index is 0.0484. The molecule has 0 fully saturated rings. The summed E-state index contributed by atoms with van der Waals surface area (Å²) in [4.78, 5) is 20.0. The van der Waals surface area contributed by atoms with Crippen molar-refractivity contribution in [3.05, 3.63) is 45.6 Å². The molecule has 0 aliphatic heterocycles. The summed E-state index contributed by atoms with van der Waals surface area (Å²) in [6.45, 7) is 8.31. The molecule has 8 heteroatoms. The van der Waals surface area contributed by atoms with E-state index in [1.807, 2.05) is 43.4 Å². The van der Waals surface area contributed by atoms with Crippen molar-refractivity contribution in [2.75, 3.05) is 11.1 Å². The van der Waals surface area contributed by atoms with Crippen molar-refractivity contribution < 1.29 is 4.79 Å². The Morgan fingerprint density at radius 1 is 1.26 bits per heavy atom. The number of hydrogen-bond donors (Lipinski definition) is 1. The van der Waals surface area contributed by atoms with Gasteiger partial charge < -0.3 is 5.32 Å². The molecule has 0 spiro atoms. The average Bonchev–Trinajstić information content (AvgIpc) is 3.30. The van der Waals surface area contributed by atoms with E-state index in [1.54, 1.807) is 11.3 Å². The van der Waals surface area contributed by atoms with Crippen LogP contribution in [0.4, 0.5) is 5.69 Å². The lowest BCUT2D eigenvalue weighted by Crippen LogP contribution is -2.16. The van der Waals surface area contributed by atoms with Gasteiger partial charge in [-0.1, -0.05) is 36.9 Å². The highest BCUT2D eigenvalue weighted by Gasteiger charge is 2.25. The number of nitrogens with zero attached hydrogens (tertiary/aromatic N) is 4. The highest BCUT2D eigenvalue weighted by molar-refractivity contribution is 7.99. The van der Waals surface area contributed by atoms with E-state index in [4.69, 9.17) is 4.98 Å². The number of thioether (sulfide) groups is 1. The van der Waals surface area contributed by atoms with Gasteiger partial charge in [-0.15, -0.1) is 21.5 Å². The van der Waals surface area contributed by atoms with Gasteiger partial charge >= 0.3 is 0 Å². The van der Waals surface area contributed by atoms with E-state index in [9.17, 15) is 4.79 Å². The Morgan fingerprint density at radius 3 is 2.81 bits per heavy atom. The lowest BCUT2D eigenvalue weighted by molar-refractivity contribution is -0.113. The Morgan fingerprint density at radius 2 is 2.03 bits per heavy atom. The maximum Gasteiger partial charge on any atom is 0.234 e. The predicted molar refractivity (Wildman–Crippen MR) is 127 cm³/mol. The van der Waals surface area contributed by atoms with Gasteiger partial charge in [-0.25, -0.2) is 4.98 Å². The molecular weight excluding hydrogens is 426 g/mol. The molecule has 4 aromatic rings. The first kappa shape index (κ1) is 20.5. The Bertz CT molecular complexity index is 1300. The maximum atomic E-state index is 12.6. The van der Waals surface area contributed by atoms with Crippen LogP contribution in [0.15, 0.2) is 23.4 Å². The van der Waals surface area contributed by atoms with E-state index < -0.39 is 0 Å². The summed E-state index contributed by atoms with van der Waals surface area (Å²) in [6, 6.07) is 6.01. The van der Waals surface area contributed by atoms with Crippen LogP contribution >= 0.6 is 23.1 Å². The van der Waals surface area contributed by atoms with Crippen molar-refractivity contribution in [2.45, 2.75) is 52.1 Å². The average molecular weight is 452 g/mol. The quantitative estimate of drug-likeness (QED) is 0.436. The molecule has 160 valence electrons. The summed E-state index contributed by atoms with van der Waals surface area (Å²) in [5.41, 5.74) is 5.27. The molecule has 0 bridgehead atoms. The SMILES string of the molecule is Cc1cccc(C)c1NC(=O)CSc1nnc2c3c4c(sc3nc(C)n12)C[C@@H](C)CC4. The standard InChI is InChI=1S/C23H25N5OS2/c1-12-8-9-16-17(10-12)31-22-19(16)21-26-27-23(28(21)15(4)24-22)30-11-18(29)25-20-13(2)6-5-7-14(20)3/h5-7,12H,8-11H2,1-4H3,(H,25,29)/t12-/m0/s1. The van der Waals surface area contributed by atoms with E-state index in [0.717, 1.165) is 57.3 Å². The second-order valence-electron chi connectivity index (χ2n) is 8.44. The normalized spacial score (nSPS) is 16.1. The third kappa shape index (κ3) is 3.61. The van der Waals surface area contributed by atoms with E-state index in [1.165, 1.54) is 28.6 Å². The van der Waals surface area contributed by atoms with Crippen molar-refractivity contribution in [1.82, 2.24) is 19.6 Å². The van der Waals surface area contributed by atoms with Crippen LogP contribution < -0.4 is 5.32 Å². The second kappa shape index (κ2) is 7.91. The number of anilines is 1. The summed E-state index contributed by atoms with van der Waals surface area (Å²) in [6.07, 6.45) is 3.40. The number of rotatable bonds is 4. The summed E-state index contributed by atoms with van der Waals surface area (Å²) in [5.74, 6) is 1.80. The van der Waals surface area contributed by atoms with Gasteiger partial charge in [0.2, 0.25) is 5.91 Å². The molecule has 0 saturated carbocycles. The molecule has 1 N–H and O–H groups in total. The maximum absolute atomic E-state index is 12.6. The van der Waals surface area contributed by atoms with Gasteiger partial charge in [0.05, 0.1) is 11.1 Å². The van der Waals surface area contributed by atoms with E-state index in [-0.39, 0.29) is 11.7 Å². The molecule has 1 amide bonds. The summed E-state index contributed by atoms with van der Waals surface area (Å²) < 4.78 is 2.00. The van der Waals surface area contributed by atoms with Gasteiger partial charge in [-0.3, -0.25) is 9.20 Å². The topological polar surface area (TPSA) is 72.2 Å². The second-order valence-corrected chi connectivity index (χ2v) is 10.5. The monoisotopic (exact) mass is 451 g/mol. The molecule has 1 aliphatic rings. The first-order valence-electron chi connectivity index (χ1n) is 10.6. The summed E-state index contributed by atoms with van der Waals surface area (Å²) >= 11 is 3.20. The third-order valence-corrected chi connectivity index (χ3v) is 8.09. The lowest BCUT2D eigenvalue weighted by atomic mass is 9.89. The minimum Gasteiger partial charge on any atom is -0.325 e. The van der Waals surface area contributed by atoms with Crippen LogP contribution in [0.25, 0.3) is 15.9 Å². The van der Waals surface area contributed by atoms with Gasteiger partial charge in [-0.05, 0) is 62.6 Å². The summed E-state index contributed by atoms with van der Waals surface area (Å²) in [5, 5.41) is 13.9. The Hall–Kier alpha value is -2.45. The third-order valence-electron chi connectivity index (χ3n) is 6.01. The number of thiophene rings is 1. The Kier molecular flexibility index (Phi) is 5.22. The summed E-state index contributed by atoms with van der Waals surface area (Å²) in [7, 11) is 0. The smallest absolute Gasteiger partial charge is 0.234 e. The number of fused-ring (bicyclic) bond motifs is 5. The van der Waals surface area contributed by atoms with Gasteiger partial charge in [-0.2, -0.15) is 0 Å². The zero-order valence-electron chi connectivity index (χ0n) is 18.2. The number of carbonyl (C=O) groups is 1. The molecule has 3 heterocycles. The van der Waals surface area contributed by atoms with Crippen molar-refractivity contribution in [1.29, 1.82) is 0 Å². The zero-order chi connectivity index (χ0) is 21.7. The molecule has 1 aromatic carbocycles. The fourth-order valence-electron chi connectivity index (χ4n) is 4.38. The molecular formula is C23H25N5OS2. The molecule has 0 unspecified atom stereocenters. The van der Waals surface area contributed by atoms with Crippen LogP contribution in [0.3, 0.4) is 0 Å². The number of benzene rings is 1. The number of aromatic nitrogens is 4. The van der Waals surface area contributed by atoms with Crippen molar-refractivity contribution in [3.8, 4) is 0 Å². The molecule has 0 saturated heterocycles. The van der Waals surface area contributed by atoms with Crippen LogP contribution in [0.1, 0.15) is 40.7 Å². The molecule has 0 radical (unpaired) electrons. The fourth-order valence-corrected chi connectivity index (χ4v) is 6.58. The number of amides is 1. The number of para-hydroxylation sites is 1. The fraction of sp³-hybridized carbons (Fsp3) is 0.391. The number of aryl methyl sites for hydroxylation is 4. The lowest BCUT2D eigenvalue weighted by Gasteiger charge is -2.17. The highest BCUT2D eigenvalue weighted by Crippen LogP contribution is 2.39. The molecule has 1 atom stereocenters. The predicted octanol–water partition coefficient (Wildman–Crippen LogP) is 5.12. The van der Waals surface area contributed by atoms with Crippen LogP contribution in [-0.2, 0) is 17.6 Å². The number of nitrogens with one attached hydrogen (secondary N) is 1. The van der Waals surface area contributed by atoms with Gasteiger partial charge in [0.25, 0.3) is 0 Å². The first-order valence-corrected chi connectivity index (χ1v) is 12.4. The van der Waals surface area contributed by atoms with Gasteiger partial charge in [0.15, 0.2) is 10.8 Å². The Labute approximate surface area is 189 Å². The van der Waals surface area contributed by atoms with Crippen molar-refractivity contribution >= 4 is 50.6 Å². The minimum atomic E-state index is -0.0484. The molecule has 3 aromatic heterocycles. The highest BCUT2D eigenvalue weighted by atomic mass is 32.2. The van der Waals surface area contributed by atoms with E-state index >= 15 is 0 Å².